The predicted octanol–water partition coefficient (Wildman–Crippen LogP) is 4.21. The molecule has 182 valence electrons. The molecule has 1 atom stereocenters. The van der Waals surface area contributed by atoms with E-state index in [0.29, 0.717) is 25.8 Å². The van der Waals surface area contributed by atoms with Crippen molar-refractivity contribution in [3.05, 3.63) is 12.2 Å². The summed E-state index contributed by atoms with van der Waals surface area (Å²) >= 11 is 0. The number of nitrogens with one attached hydrogen (secondary N) is 3. The number of carbonyl (C=O) groups excluding carboxylic acids is 1. The quantitative estimate of drug-likeness (QED) is 0.0574. The standard InChI is InChI=1S/C24H46N4O3.Na.H/c1-2-3-4-5-6-7-8-9-10-11-12-13-14-15-16-19-22(29)28-21(23(30)31)18-17-20-27-24(25)26;;/h9-10,21H,2-8,11-20H2,1H3,(H,28,29)(H,30,31)(H4,25,26,27);;/b10-9-;;. The van der Waals surface area contributed by atoms with Gasteiger partial charge in [0.15, 0.2) is 5.96 Å². The number of carboxylic acids is 1. The van der Waals surface area contributed by atoms with Crippen LogP contribution in [0.3, 0.4) is 0 Å². The third kappa shape index (κ3) is 23.6. The number of guanidine groups is 1. The van der Waals surface area contributed by atoms with Gasteiger partial charge in [-0.25, -0.2) is 4.79 Å². The molecule has 0 spiro atoms. The maximum absolute atomic E-state index is 12.0. The Morgan fingerprint density at radius 3 is 1.97 bits per heavy atom. The monoisotopic (exact) mass is 462 g/mol. The van der Waals surface area contributed by atoms with E-state index in [0.717, 1.165) is 25.7 Å². The van der Waals surface area contributed by atoms with Gasteiger partial charge in [0, 0.05) is 13.0 Å². The van der Waals surface area contributed by atoms with Crippen molar-refractivity contribution < 1.29 is 14.7 Å². The fourth-order valence-corrected chi connectivity index (χ4v) is 3.41. The summed E-state index contributed by atoms with van der Waals surface area (Å²) in [5.41, 5.74) is 5.18. The van der Waals surface area contributed by atoms with Crippen molar-refractivity contribution in [3.63, 3.8) is 0 Å². The first-order chi connectivity index (χ1) is 15.0. The molecule has 1 unspecified atom stereocenters. The molecule has 0 fully saturated rings. The van der Waals surface area contributed by atoms with E-state index in [1.165, 1.54) is 57.8 Å². The Morgan fingerprint density at radius 2 is 1.44 bits per heavy atom. The van der Waals surface area contributed by atoms with Crippen LogP contribution in [0.1, 0.15) is 110 Å². The molecule has 0 saturated carbocycles. The molecule has 32 heavy (non-hydrogen) atoms. The summed E-state index contributed by atoms with van der Waals surface area (Å²) in [5.74, 6) is -1.37. The van der Waals surface area contributed by atoms with Crippen molar-refractivity contribution in [2.75, 3.05) is 6.54 Å². The van der Waals surface area contributed by atoms with Crippen LogP contribution < -0.4 is 16.4 Å². The zero-order valence-corrected chi connectivity index (χ0v) is 19.6. The van der Waals surface area contributed by atoms with Crippen LogP contribution in [0.5, 0.6) is 0 Å². The number of allylic oxidation sites excluding steroid dienone is 2. The fraction of sp³-hybridized carbons (Fsp3) is 0.792. The summed E-state index contributed by atoms with van der Waals surface area (Å²) in [5, 5.41) is 21.5. The van der Waals surface area contributed by atoms with Crippen molar-refractivity contribution in [2.24, 2.45) is 5.73 Å². The van der Waals surface area contributed by atoms with Crippen LogP contribution >= 0.6 is 0 Å². The van der Waals surface area contributed by atoms with Crippen molar-refractivity contribution in [1.29, 1.82) is 5.41 Å². The van der Waals surface area contributed by atoms with Crippen LogP contribution in [0.25, 0.3) is 0 Å². The van der Waals surface area contributed by atoms with Gasteiger partial charge in [-0.2, -0.15) is 0 Å². The molecule has 6 N–H and O–H groups in total. The van der Waals surface area contributed by atoms with Crippen LogP contribution in [0.4, 0.5) is 0 Å². The molecule has 0 aliphatic carbocycles. The van der Waals surface area contributed by atoms with Gasteiger partial charge in [-0.1, -0.05) is 70.4 Å². The molecular weight excluding hydrogens is 415 g/mol. The van der Waals surface area contributed by atoms with E-state index < -0.39 is 12.0 Å². The summed E-state index contributed by atoms with van der Waals surface area (Å²) in [4.78, 5) is 23.2. The summed E-state index contributed by atoms with van der Waals surface area (Å²) in [6.45, 7) is 2.67. The number of nitrogens with two attached hydrogens (primary N) is 1. The molecule has 0 saturated heterocycles. The normalized spacial score (nSPS) is 11.7. The van der Waals surface area contributed by atoms with Crippen molar-refractivity contribution in [3.8, 4) is 0 Å². The van der Waals surface area contributed by atoms with Crippen molar-refractivity contribution in [2.45, 2.75) is 116 Å². The second kappa shape index (κ2) is 24.6. The van der Waals surface area contributed by atoms with Gasteiger partial charge in [0.05, 0.1) is 0 Å². The van der Waals surface area contributed by atoms with Gasteiger partial charge in [-0.15, -0.1) is 0 Å². The van der Waals surface area contributed by atoms with E-state index >= 15 is 0 Å². The topological polar surface area (TPSA) is 128 Å². The SMILES string of the molecule is CCCCCCCC/C=C\CCCCCCCC(=O)NC(CCCNC(=N)N)C(=O)O.[NaH]. The molecule has 1 amide bonds. The van der Waals surface area contributed by atoms with Gasteiger partial charge in [0.2, 0.25) is 5.91 Å². The Hall–Kier alpha value is -1.05. The molecule has 8 heteroatoms. The number of unbranched alkanes of at least 4 members (excludes halogenated alkanes) is 11. The van der Waals surface area contributed by atoms with Gasteiger partial charge in [0.1, 0.15) is 6.04 Å². The second-order valence-corrected chi connectivity index (χ2v) is 8.28. The minimum atomic E-state index is -1.03. The summed E-state index contributed by atoms with van der Waals surface area (Å²) in [6, 6.07) is -0.885. The number of aliphatic carboxylic acids is 1. The van der Waals surface area contributed by atoms with E-state index in [2.05, 4.69) is 29.7 Å². The Kier molecular flexibility index (Phi) is 25.5. The molecule has 7 nitrogen and oxygen atoms in total. The first-order valence-electron chi connectivity index (χ1n) is 12.2. The minimum absolute atomic E-state index is 0. The Morgan fingerprint density at radius 1 is 0.906 bits per heavy atom. The van der Waals surface area contributed by atoms with E-state index in [1.54, 1.807) is 0 Å². The third-order valence-corrected chi connectivity index (χ3v) is 5.28. The Labute approximate surface area is 217 Å². The molecule has 0 bridgehead atoms. The number of carbonyl (C=O) groups is 2. The van der Waals surface area contributed by atoms with E-state index in [9.17, 15) is 14.7 Å². The van der Waals surface area contributed by atoms with E-state index in [1.807, 2.05) is 0 Å². The van der Waals surface area contributed by atoms with Gasteiger partial charge in [-0.3, -0.25) is 10.2 Å². The molecule has 0 aliphatic rings. The fourth-order valence-electron chi connectivity index (χ4n) is 3.41. The molecule has 0 aromatic heterocycles. The zero-order chi connectivity index (χ0) is 23.2. The van der Waals surface area contributed by atoms with Crippen LogP contribution in [-0.4, -0.2) is 65.1 Å². The first-order valence-corrected chi connectivity index (χ1v) is 12.2. The van der Waals surface area contributed by atoms with Gasteiger partial charge >= 0.3 is 35.5 Å². The van der Waals surface area contributed by atoms with Gasteiger partial charge in [0.25, 0.3) is 0 Å². The zero-order valence-electron chi connectivity index (χ0n) is 19.6. The van der Waals surface area contributed by atoms with Crippen molar-refractivity contribution >= 4 is 47.4 Å². The van der Waals surface area contributed by atoms with Crippen molar-refractivity contribution in [1.82, 2.24) is 10.6 Å². The molecule has 0 aromatic rings. The van der Waals surface area contributed by atoms with Gasteiger partial charge in [-0.05, 0) is 44.9 Å². The summed E-state index contributed by atoms with van der Waals surface area (Å²) < 4.78 is 0. The van der Waals surface area contributed by atoms with Crippen LogP contribution in [0.2, 0.25) is 0 Å². The number of carboxylic acid groups (broad SMARTS) is 1. The van der Waals surface area contributed by atoms with Crippen LogP contribution in [0.15, 0.2) is 12.2 Å². The number of rotatable bonds is 21. The van der Waals surface area contributed by atoms with E-state index in [-0.39, 0.29) is 41.4 Å². The van der Waals surface area contributed by atoms with Crippen LogP contribution in [-0.2, 0) is 9.59 Å². The molecule has 0 heterocycles. The Bertz CT molecular complexity index is 515. The van der Waals surface area contributed by atoms with E-state index in [4.69, 9.17) is 11.1 Å². The molecular formula is C24H47N4NaO3. The molecule has 0 rings (SSSR count). The third-order valence-electron chi connectivity index (χ3n) is 5.28. The van der Waals surface area contributed by atoms with Gasteiger partial charge < -0.3 is 21.5 Å². The van der Waals surface area contributed by atoms with Crippen LogP contribution in [0, 0.1) is 5.41 Å². The summed E-state index contributed by atoms with van der Waals surface area (Å²) in [6.07, 6.45) is 21.5. The first kappa shape index (κ1) is 33.1. The Balaban J connectivity index is 0. The molecule has 0 aliphatic heterocycles. The maximum atomic E-state index is 12.0. The summed E-state index contributed by atoms with van der Waals surface area (Å²) in [7, 11) is 0. The molecule has 0 radical (unpaired) electrons. The average Bonchev–Trinajstić information content (AvgIpc) is 2.72. The number of hydrogen-bond donors (Lipinski definition) is 5. The number of hydrogen-bond acceptors (Lipinski definition) is 3. The number of amides is 1. The molecule has 0 aromatic carbocycles. The average molecular weight is 463 g/mol. The predicted molar refractivity (Wildman–Crippen MR) is 135 cm³/mol. The second-order valence-electron chi connectivity index (χ2n) is 8.28.